The maximum atomic E-state index is 5.61. The molecule has 1 heterocycles. The van der Waals surface area contributed by atoms with Gasteiger partial charge in [-0.3, -0.25) is 0 Å². The van der Waals surface area contributed by atoms with Crippen molar-refractivity contribution in [3.05, 3.63) is 11.6 Å². The quantitative estimate of drug-likeness (QED) is 0.693. The smallest absolute Gasteiger partial charge is 0.0587 e. The number of ether oxygens (including phenoxy) is 1. The third-order valence-electron chi connectivity index (χ3n) is 2.23. The lowest BCUT2D eigenvalue weighted by Crippen LogP contribution is -2.25. The third-order valence-corrected chi connectivity index (χ3v) is 2.37. The number of rotatable bonds is 5. The predicted molar refractivity (Wildman–Crippen MR) is 56.1 cm³/mol. The van der Waals surface area contributed by atoms with Gasteiger partial charge in [0.15, 0.2) is 0 Å². The zero-order valence-electron chi connectivity index (χ0n) is 8.02. The number of halogens is 1. The highest BCUT2D eigenvalue weighted by Crippen LogP contribution is 2.14. The molecule has 1 atom stereocenters. The molecule has 0 aliphatic carbocycles. The molecular formula is C10H18ClNO. The maximum Gasteiger partial charge on any atom is 0.0587 e. The second kappa shape index (κ2) is 6.41. The van der Waals surface area contributed by atoms with E-state index >= 15 is 0 Å². The van der Waals surface area contributed by atoms with E-state index in [0.29, 0.717) is 17.7 Å². The Labute approximate surface area is 85.3 Å². The summed E-state index contributed by atoms with van der Waals surface area (Å²) in [6, 6.07) is 0. The molecule has 1 aliphatic heterocycles. The van der Waals surface area contributed by atoms with Gasteiger partial charge in [-0.05, 0) is 32.2 Å². The summed E-state index contributed by atoms with van der Waals surface area (Å²) in [6.07, 6.45) is 5.30. The summed E-state index contributed by atoms with van der Waals surface area (Å²) in [7, 11) is 0. The van der Waals surface area contributed by atoms with Gasteiger partial charge in [0.1, 0.15) is 0 Å². The normalized spacial score (nSPS) is 23.0. The van der Waals surface area contributed by atoms with Crippen LogP contribution < -0.4 is 5.32 Å². The Morgan fingerprint density at radius 3 is 3.00 bits per heavy atom. The molecule has 0 saturated carbocycles. The van der Waals surface area contributed by atoms with E-state index in [-0.39, 0.29) is 0 Å². The lowest BCUT2D eigenvalue weighted by Gasteiger charge is -2.22. The van der Waals surface area contributed by atoms with Crippen molar-refractivity contribution in [2.24, 2.45) is 0 Å². The Kier molecular flexibility index (Phi) is 5.44. The van der Waals surface area contributed by atoms with Gasteiger partial charge in [-0.1, -0.05) is 18.2 Å². The Balaban J connectivity index is 1.95. The molecular weight excluding hydrogens is 186 g/mol. The first-order valence-corrected chi connectivity index (χ1v) is 5.32. The number of hydrogen-bond acceptors (Lipinski definition) is 2. The standard InChI is InChI=1S/C10H18ClNO/c1-9(11)8-12-6-5-10-4-2-3-7-13-10/h10,12H,1-8H2. The van der Waals surface area contributed by atoms with E-state index in [2.05, 4.69) is 11.9 Å². The molecule has 0 radical (unpaired) electrons. The van der Waals surface area contributed by atoms with Crippen molar-refractivity contribution >= 4 is 11.6 Å². The third kappa shape index (κ3) is 5.29. The molecule has 3 heteroatoms. The Morgan fingerprint density at radius 1 is 1.54 bits per heavy atom. The predicted octanol–water partition coefficient (Wildman–Crippen LogP) is 2.29. The molecule has 1 saturated heterocycles. The second-order valence-corrected chi connectivity index (χ2v) is 4.01. The van der Waals surface area contributed by atoms with Gasteiger partial charge in [-0.2, -0.15) is 0 Å². The monoisotopic (exact) mass is 203 g/mol. The van der Waals surface area contributed by atoms with Gasteiger partial charge in [0.2, 0.25) is 0 Å². The van der Waals surface area contributed by atoms with Crippen LogP contribution in [0.25, 0.3) is 0 Å². The van der Waals surface area contributed by atoms with E-state index in [1.807, 2.05) is 0 Å². The Bertz CT molecular complexity index is 155. The summed E-state index contributed by atoms with van der Waals surface area (Å²) in [5.41, 5.74) is 0. The minimum absolute atomic E-state index is 0.463. The lowest BCUT2D eigenvalue weighted by atomic mass is 10.1. The van der Waals surface area contributed by atoms with Crippen molar-refractivity contribution < 1.29 is 4.74 Å². The van der Waals surface area contributed by atoms with Gasteiger partial charge < -0.3 is 10.1 Å². The fourth-order valence-corrected chi connectivity index (χ4v) is 1.62. The first kappa shape index (κ1) is 11.0. The van der Waals surface area contributed by atoms with Crippen molar-refractivity contribution in [1.82, 2.24) is 5.32 Å². The molecule has 0 spiro atoms. The molecule has 1 unspecified atom stereocenters. The van der Waals surface area contributed by atoms with Gasteiger partial charge in [-0.25, -0.2) is 0 Å². The zero-order chi connectivity index (χ0) is 9.52. The molecule has 0 aromatic carbocycles. The fraction of sp³-hybridized carbons (Fsp3) is 0.800. The van der Waals surface area contributed by atoms with Crippen LogP contribution in [0, 0.1) is 0 Å². The first-order valence-electron chi connectivity index (χ1n) is 4.94. The van der Waals surface area contributed by atoms with Crippen LogP contribution in [0.5, 0.6) is 0 Å². The molecule has 13 heavy (non-hydrogen) atoms. The largest absolute Gasteiger partial charge is 0.378 e. The van der Waals surface area contributed by atoms with E-state index in [0.717, 1.165) is 19.6 Å². The summed E-state index contributed by atoms with van der Waals surface area (Å²) in [5, 5.41) is 3.89. The first-order chi connectivity index (χ1) is 6.29. The van der Waals surface area contributed by atoms with E-state index in [9.17, 15) is 0 Å². The molecule has 1 fully saturated rings. The summed E-state index contributed by atoms with van der Waals surface area (Å²) < 4.78 is 5.59. The van der Waals surface area contributed by atoms with Gasteiger partial charge in [-0.15, -0.1) is 0 Å². The minimum atomic E-state index is 0.463. The zero-order valence-corrected chi connectivity index (χ0v) is 8.78. The van der Waals surface area contributed by atoms with Crippen molar-refractivity contribution in [1.29, 1.82) is 0 Å². The summed E-state index contributed by atoms with van der Waals surface area (Å²) >= 11 is 5.61. The van der Waals surface area contributed by atoms with Crippen LogP contribution in [0.4, 0.5) is 0 Å². The SMILES string of the molecule is C=C(Cl)CNCCC1CCCCO1. The molecule has 1 N–H and O–H groups in total. The van der Waals surface area contributed by atoms with Crippen LogP contribution in [0.1, 0.15) is 25.7 Å². The Morgan fingerprint density at radius 2 is 2.38 bits per heavy atom. The van der Waals surface area contributed by atoms with Gasteiger partial charge in [0.05, 0.1) is 6.10 Å². The van der Waals surface area contributed by atoms with Crippen LogP contribution in [0.2, 0.25) is 0 Å². The fourth-order valence-electron chi connectivity index (χ4n) is 1.52. The van der Waals surface area contributed by atoms with Crippen LogP contribution in [-0.2, 0) is 4.74 Å². The van der Waals surface area contributed by atoms with Crippen molar-refractivity contribution in [2.45, 2.75) is 31.8 Å². The van der Waals surface area contributed by atoms with Crippen molar-refractivity contribution in [3.8, 4) is 0 Å². The highest BCUT2D eigenvalue weighted by molar-refractivity contribution is 6.29. The highest BCUT2D eigenvalue weighted by atomic mass is 35.5. The van der Waals surface area contributed by atoms with Crippen molar-refractivity contribution in [3.63, 3.8) is 0 Å². The molecule has 0 aromatic heterocycles. The van der Waals surface area contributed by atoms with E-state index in [1.165, 1.54) is 19.3 Å². The van der Waals surface area contributed by atoms with E-state index in [1.54, 1.807) is 0 Å². The average Bonchev–Trinajstić information content (AvgIpc) is 2.14. The van der Waals surface area contributed by atoms with Crippen LogP contribution in [0.15, 0.2) is 11.6 Å². The van der Waals surface area contributed by atoms with Gasteiger partial charge in [0.25, 0.3) is 0 Å². The summed E-state index contributed by atoms with van der Waals surface area (Å²) in [5.74, 6) is 0. The van der Waals surface area contributed by atoms with Crippen molar-refractivity contribution in [2.75, 3.05) is 19.7 Å². The lowest BCUT2D eigenvalue weighted by molar-refractivity contribution is 0.0117. The molecule has 1 rings (SSSR count). The average molecular weight is 204 g/mol. The summed E-state index contributed by atoms with van der Waals surface area (Å²) in [6.45, 7) is 6.22. The number of hydrogen-bond donors (Lipinski definition) is 1. The van der Waals surface area contributed by atoms with E-state index in [4.69, 9.17) is 16.3 Å². The second-order valence-electron chi connectivity index (χ2n) is 3.47. The van der Waals surface area contributed by atoms with Gasteiger partial charge in [0, 0.05) is 18.2 Å². The van der Waals surface area contributed by atoms with Gasteiger partial charge >= 0.3 is 0 Å². The number of nitrogens with one attached hydrogen (secondary N) is 1. The molecule has 2 nitrogen and oxygen atoms in total. The Hall–Kier alpha value is -0.0500. The molecule has 76 valence electrons. The maximum absolute atomic E-state index is 5.61. The molecule has 0 aromatic rings. The highest BCUT2D eigenvalue weighted by Gasteiger charge is 2.12. The minimum Gasteiger partial charge on any atom is -0.378 e. The molecule has 0 bridgehead atoms. The molecule has 1 aliphatic rings. The summed E-state index contributed by atoms with van der Waals surface area (Å²) in [4.78, 5) is 0. The van der Waals surface area contributed by atoms with E-state index < -0.39 is 0 Å². The van der Waals surface area contributed by atoms with Crippen LogP contribution in [0.3, 0.4) is 0 Å². The van der Waals surface area contributed by atoms with Crippen LogP contribution in [-0.4, -0.2) is 25.8 Å². The van der Waals surface area contributed by atoms with Crippen LogP contribution >= 0.6 is 11.6 Å². The topological polar surface area (TPSA) is 21.3 Å². The molecule has 0 amide bonds.